The Morgan fingerprint density at radius 2 is 1.50 bits per heavy atom. The number of benzene rings is 3. The molecule has 0 heterocycles. The fraction of sp³-hybridized carbons (Fsp3) is 0.240. The minimum atomic E-state index is -3.09. The third-order valence-corrected chi connectivity index (χ3v) is 5.04. The second-order valence-electron chi connectivity index (χ2n) is 7.28. The van der Waals surface area contributed by atoms with Crippen LogP contribution in [-0.4, -0.2) is 12.6 Å². The molecule has 0 N–H and O–H groups in total. The Labute approximate surface area is 182 Å². The average Bonchev–Trinajstić information content (AvgIpc) is 2.78. The number of carbonyl (C=O) groups excluding carboxylic acids is 1. The summed E-state index contributed by atoms with van der Waals surface area (Å²) >= 11 is 0. The van der Waals surface area contributed by atoms with Gasteiger partial charge in [0.15, 0.2) is 11.6 Å². The smallest absolute Gasteiger partial charge is 0.313 e. The summed E-state index contributed by atoms with van der Waals surface area (Å²) < 4.78 is 74.8. The van der Waals surface area contributed by atoms with Gasteiger partial charge in [0.25, 0.3) is 5.92 Å². The molecule has 0 aliphatic carbocycles. The molecule has 0 saturated carbocycles. The maximum Gasteiger partial charge on any atom is 0.313 e. The van der Waals surface area contributed by atoms with Crippen LogP contribution in [-0.2, 0) is 23.6 Å². The second-order valence-corrected chi connectivity index (χ2v) is 7.28. The van der Waals surface area contributed by atoms with Crippen LogP contribution in [0, 0.1) is 11.6 Å². The zero-order valence-corrected chi connectivity index (χ0v) is 17.3. The monoisotopic (exact) mass is 448 g/mol. The summed E-state index contributed by atoms with van der Waals surface area (Å²) in [7, 11) is 0. The molecule has 0 radical (unpaired) electrons. The van der Waals surface area contributed by atoms with E-state index in [1.54, 1.807) is 12.1 Å². The van der Waals surface area contributed by atoms with Crippen LogP contribution in [0.1, 0.15) is 30.0 Å². The van der Waals surface area contributed by atoms with Gasteiger partial charge in [0.2, 0.25) is 5.82 Å². The van der Waals surface area contributed by atoms with E-state index in [0.29, 0.717) is 5.56 Å². The zero-order valence-electron chi connectivity index (χ0n) is 17.3. The molecule has 0 atom stereocenters. The largest absolute Gasteiger partial charge is 0.423 e. The minimum Gasteiger partial charge on any atom is -0.423 e. The highest BCUT2D eigenvalue weighted by Gasteiger charge is 2.31. The van der Waals surface area contributed by atoms with Gasteiger partial charge in [-0.1, -0.05) is 55.5 Å². The summed E-state index contributed by atoms with van der Waals surface area (Å²) in [6.07, 6.45) is -0.359. The molecule has 0 bridgehead atoms. The molecule has 168 valence electrons. The predicted molar refractivity (Wildman–Crippen MR) is 111 cm³/mol. The number of halogens is 5. The van der Waals surface area contributed by atoms with Crippen molar-refractivity contribution in [3.05, 3.63) is 89.0 Å². The zero-order chi connectivity index (χ0) is 23.3. The molecule has 0 fully saturated rings. The standard InChI is InChI=1S/C25H21F5O2/c1-2-16-5-9-19(10-6-16)25(29,30)15-17-3-7-18(8-4-17)20-11-12-21(24(28)23(20)27)32-22(31)13-14-26/h3-12H,2,13-15H2,1H3. The Balaban J connectivity index is 1.77. The van der Waals surface area contributed by atoms with E-state index in [9.17, 15) is 26.7 Å². The van der Waals surface area contributed by atoms with Crippen molar-refractivity contribution in [1.29, 1.82) is 0 Å². The van der Waals surface area contributed by atoms with Gasteiger partial charge in [0, 0.05) is 17.5 Å². The van der Waals surface area contributed by atoms with E-state index in [1.165, 1.54) is 42.5 Å². The molecule has 0 saturated heterocycles. The van der Waals surface area contributed by atoms with Crippen LogP contribution in [0.2, 0.25) is 0 Å². The van der Waals surface area contributed by atoms with Gasteiger partial charge >= 0.3 is 5.97 Å². The summed E-state index contributed by atoms with van der Waals surface area (Å²) in [6.45, 7) is 0.965. The topological polar surface area (TPSA) is 26.3 Å². The summed E-state index contributed by atoms with van der Waals surface area (Å²) in [5.41, 5.74) is 1.34. The number of carbonyl (C=O) groups is 1. The average molecular weight is 448 g/mol. The van der Waals surface area contributed by atoms with Gasteiger partial charge in [-0.05, 0) is 35.2 Å². The van der Waals surface area contributed by atoms with E-state index in [1.807, 2.05) is 6.92 Å². The Bertz CT molecular complexity index is 1080. The number of esters is 1. The molecule has 7 heteroatoms. The SMILES string of the molecule is CCc1ccc(C(F)(F)Cc2ccc(-c3ccc(OC(=O)CCF)c(F)c3F)cc2)cc1. The number of hydrogen-bond acceptors (Lipinski definition) is 2. The Morgan fingerprint density at radius 1 is 0.875 bits per heavy atom. The van der Waals surface area contributed by atoms with Gasteiger partial charge in [-0.3, -0.25) is 9.18 Å². The van der Waals surface area contributed by atoms with Gasteiger partial charge in [-0.15, -0.1) is 0 Å². The van der Waals surface area contributed by atoms with Gasteiger partial charge in [-0.25, -0.2) is 13.2 Å². The van der Waals surface area contributed by atoms with Crippen LogP contribution in [0.15, 0.2) is 60.7 Å². The molecule has 0 aliphatic rings. The molecule has 3 aromatic rings. The molecule has 0 amide bonds. The van der Waals surface area contributed by atoms with Gasteiger partial charge in [-0.2, -0.15) is 4.39 Å². The molecule has 0 aromatic heterocycles. The summed E-state index contributed by atoms with van der Waals surface area (Å²) in [6, 6.07) is 14.1. The van der Waals surface area contributed by atoms with Crippen molar-refractivity contribution in [3.63, 3.8) is 0 Å². The number of rotatable bonds is 8. The van der Waals surface area contributed by atoms with Crippen LogP contribution in [0.5, 0.6) is 5.75 Å². The minimum absolute atomic E-state index is 0.0928. The summed E-state index contributed by atoms with van der Waals surface area (Å²) in [4.78, 5) is 11.3. The highest BCUT2D eigenvalue weighted by Crippen LogP contribution is 2.34. The molecule has 3 rings (SSSR count). The van der Waals surface area contributed by atoms with Crippen LogP contribution in [0.4, 0.5) is 22.0 Å². The van der Waals surface area contributed by atoms with Crippen LogP contribution >= 0.6 is 0 Å². The van der Waals surface area contributed by atoms with E-state index >= 15 is 0 Å². The molecular formula is C25H21F5O2. The lowest BCUT2D eigenvalue weighted by atomic mass is 9.97. The fourth-order valence-electron chi connectivity index (χ4n) is 3.23. The Morgan fingerprint density at radius 3 is 2.09 bits per heavy atom. The molecule has 2 nitrogen and oxygen atoms in total. The summed E-state index contributed by atoms with van der Waals surface area (Å²) in [5, 5.41) is 0. The lowest BCUT2D eigenvalue weighted by molar-refractivity contribution is -0.134. The van der Waals surface area contributed by atoms with Crippen molar-refractivity contribution in [2.45, 2.75) is 32.1 Å². The lowest BCUT2D eigenvalue weighted by Crippen LogP contribution is -2.17. The Hall–Kier alpha value is -3.22. The molecule has 0 spiro atoms. The van der Waals surface area contributed by atoms with Crippen LogP contribution < -0.4 is 4.74 Å². The normalized spacial score (nSPS) is 11.4. The first-order valence-electron chi connectivity index (χ1n) is 10.1. The first-order chi connectivity index (χ1) is 15.2. The van der Waals surface area contributed by atoms with Gasteiger partial charge in [0.05, 0.1) is 13.1 Å². The lowest BCUT2D eigenvalue weighted by Gasteiger charge is -2.17. The van der Waals surface area contributed by atoms with E-state index in [4.69, 9.17) is 0 Å². The first-order valence-corrected chi connectivity index (χ1v) is 10.1. The second kappa shape index (κ2) is 9.94. The molecule has 0 aliphatic heterocycles. The molecule has 3 aromatic carbocycles. The van der Waals surface area contributed by atoms with Gasteiger partial charge in [0.1, 0.15) is 0 Å². The highest BCUT2D eigenvalue weighted by atomic mass is 19.3. The third-order valence-electron chi connectivity index (χ3n) is 5.04. The molecular weight excluding hydrogens is 427 g/mol. The van der Waals surface area contributed by atoms with E-state index in [0.717, 1.165) is 18.1 Å². The van der Waals surface area contributed by atoms with E-state index in [2.05, 4.69) is 4.74 Å². The van der Waals surface area contributed by atoms with E-state index in [-0.39, 0.29) is 16.7 Å². The quantitative estimate of drug-likeness (QED) is 0.215. The van der Waals surface area contributed by atoms with Crippen LogP contribution in [0.3, 0.4) is 0 Å². The maximum atomic E-state index is 14.6. The van der Waals surface area contributed by atoms with Crippen molar-refractivity contribution in [1.82, 2.24) is 0 Å². The summed E-state index contributed by atoms with van der Waals surface area (Å²) in [5.74, 6) is -7.40. The number of aryl methyl sites for hydroxylation is 1. The maximum absolute atomic E-state index is 14.6. The van der Waals surface area contributed by atoms with Crippen molar-refractivity contribution in [3.8, 4) is 16.9 Å². The van der Waals surface area contributed by atoms with Crippen molar-refractivity contribution < 1.29 is 31.5 Å². The van der Waals surface area contributed by atoms with Gasteiger partial charge < -0.3 is 4.74 Å². The Kier molecular flexibility index (Phi) is 7.28. The van der Waals surface area contributed by atoms with Crippen molar-refractivity contribution in [2.24, 2.45) is 0 Å². The third kappa shape index (κ3) is 5.33. The fourth-order valence-corrected chi connectivity index (χ4v) is 3.23. The highest BCUT2D eigenvalue weighted by molar-refractivity contribution is 5.73. The van der Waals surface area contributed by atoms with Crippen LogP contribution in [0.25, 0.3) is 11.1 Å². The first kappa shape index (κ1) is 23.4. The molecule has 0 unspecified atom stereocenters. The van der Waals surface area contributed by atoms with Crippen molar-refractivity contribution in [2.75, 3.05) is 6.67 Å². The molecule has 32 heavy (non-hydrogen) atoms. The number of ether oxygens (including phenoxy) is 1. The number of hydrogen-bond donors (Lipinski definition) is 0. The number of alkyl halides is 3. The predicted octanol–water partition coefficient (Wildman–Crippen LogP) is 6.79. The van der Waals surface area contributed by atoms with E-state index < -0.39 is 48.8 Å². The van der Waals surface area contributed by atoms with Crippen molar-refractivity contribution >= 4 is 5.97 Å².